The van der Waals surface area contributed by atoms with Crippen LogP contribution in [0.15, 0.2) is 72.8 Å². The quantitative estimate of drug-likeness (QED) is 0.410. The maximum absolute atomic E-state index is 13.3. The summed E-state index contributed by atoms with van der Waals surface area (Å²) in [5.74, 6) is 0.596. The second-order valence-corrected chi connectivity index (χ2v) is 7.06. The zero-order valence-electron chi connectivity index (χ0n) is 15.3. The van der Waals surface area contributed by atoms with Gasteiger partial charge in [0.2, 0.25) is 0 Å². The van der Waals surface area contributed by atoms with Gasteiger partial charge in [0.05, 0.1) is 5.69 Å². The minimum atomic E-state index is -0.223. The van der Waals surface area contributed by atoms with Crippen LogP contribution < -0.4 is 5.32 Å². The highest BCUT2D eigenvalue weighted by Crippen LogP contribution is 2.27. The number of benzene rings is 3. The third-order valence-corrected chi connectivity index (χ3v) is 4.80. The molecule has 0 fully saturated rings. The van der Waals surface area contributed by atoms with Crippen molar-refractivity contribution in [1.82, 2.24) is 9.97 Å². The number of halogens is 2. The summed E-state index contributed by atoms with van der Waals surface area (Å²) in [7, 11) is 0. The maximum Gasteiger partial charge on any atom is 0.138 e. The number of nitrogens with one attached hydrogen (secondary N) is 2. The number of aryl methyl sites for hydroxylation is 1. The lowest BCUT2D eigenvalue weighted by atomic mass is 10.1. The first kappa shape index (κ1) is 18.3. The van der Waals surface area contributed by atoms with Crippen molar-refractivity contribution in [2.75, 3.05) is 5.32 Å². The Kier molecular flexibility index (Phi) is 5.13. The molecule has 0 aliphatic heterocycles. The molecule has 0 spiro atoms. The van der Waals surface area contributed by atoms with Gasteiger partial charge in [-0.15, -0.1) is 0 Å². The molecule has 1 heterocycles. The van der Waals surface area contributed by atoms with Crippen molar-refractivity contribution in [3.8, 4) is 22.6 Å². The van der Waals surface area contributed by atoms with Gasteiger partial charge in [0.25, 0.3) is 0 Å². The van der Waals surface area contributed by atoms with Gasteiger partial charge in [0.1, 0.15) is 11.6 Å². The van der Waals surface area contributed by atoms with E-state index in [2.05, 4.69) is 10.3 Å². The second kappa shape index (κ2) is 7.87. The van der Waals surface area contributed by atoms with Crippen molar-refractivity contribution < 1.29 is 4.39 Å². The Morgan fingerprint density at radius 2 is 1.68 bits per heavy atom. The van der Waals surface area contributed by atoms with Crippen LogP contribution in [0.5, 0.6) is 0 Å². The fourth-order valence-electron chi connectivity index (χ4n) is 3.08. The highest BCUT2D eigenvalue weighted by atomic mass is 35.5. The molecule has 4 rings (SSSR count). The molecule has 1 aromatic heterocycles. The molecule has 2 N–H and O–H groups in total. The predicted molar refractivity (Wildman–Crippen MR) is 113 cm³/mol. The van der Waals surface area contributed by atoms with Crippen LogP contribution in [-0.2, 0) is 6.54 Å². The van der Waals surface area contributed by atoms with E-state index < -0.39 is 0 Å². The van der Waals surface area contributed by atoms with Crippen LogP contribution in [0.1, 0.15) is 11.3 Å². The van der Waals surface area contributed by atoms with E-state index in [9.17, 15) is 4.39 Å². The molecule has 0 bridgehead atoms. The van der Waals surface area contributed by atoms with Gasteiger partial charge < -0.3 is 10.3 Å². The Morgan fingerprint density at radius 3 is 2.39 bits per heavy atom. The summed E-state index contributed by atoms with van der Waals surface area (Å²) >= 11 is 5.97. The first-order valence-corrected chi connectivity index (χ1v) is 9.37. The number of H-pyrrole nitrogens is 1. The third-order valence-electron chi connectivity index (χ3n) is 4.55. The number of aromatic amines is 1. The molecule has 3 aromatic carbocycles. The zero-order valence-corrected chi connectivity index (χ0v) is 16.1. The van der Waals surface area contributed by atoms with Crippen molar-refractivity contribution in [3.05, 3.63) is 94.9 Å². The molecule has 28 heavy (non-hydrogen) atoms. The van der Waals surface area contributed by atoms with Crippen LogP contribution in [0.2, 0.25) is 5.02 Å². The fourth-order valence-corrected chi connectivity index (χ4v) is 3.21. The Labute approximate surface area is 168 Å². The van der Waals surface area contributed by atoms with Crippen LogP contribution in [0.4, 0.5) is 10.1 Å². The summed E-state index contributed by atoms with van der Waals surface area (Å²) < 4.78 is 13.3. The maximum atomic E-state index is 13.3. The van der Waals surface area contributed by atoms with Crippen LogP contribution in [0.3, 0.4) is 0 Å². The molecule has 0 aliphatic rings. The predicted octanol–water partition coefficient (Wildman–Crippen LogP) is 6.46. The van der Waals surface area contributed by atoms with Gasteiger partial charge >= 0.3 is 0 Å². The van der Waals surface area contributed by atoms with Gasteiger partial charge in [0.15, 0.2) is 0 Å². The van der Waals surface area contributed by atoms with E-state index in [4.69, 9.17) is 16.6 Å². The average Bonchev–Trinajstić information content (AvgIpc) is 3.09. The van der Waals surface area contributed by atoms with Gasteiger partial charge in [-0.2, -0.15) is 0 Å². The molecule has 0 amide bonds. The largest absolute Gasteiger partial charge is 0.381 e. The zero-order chi connectivity index (χ0) is 19.5. The van der Waals surface area contributed by atoms with Crippen molar-refractivity contribution in [2.24, 2.45) is 0 Å². The molecule has 0 unspecified atom stereocenters. The van der Waals surface area contributed by atoms with Gasteiger partial charge in [-0.3, -0.25) is 0 Å². The minimum absolute atomic E-state index is 0.223. The third kappa shape index (κ3) is 4.07. The van der Waals surface area contributed by atoms with Crippen molar-refractivity contribution in [1.29, 1.82) is 0 Å². The standard InChI is InChI=1S/C23H19ClFN3/c1-15-22(17-5-9-19(24)10-6-17)28-23(27-15)18-7-11-21(12-8-18)26-14-16-3-2-4-20(25)13-16/h2-13,26H,14H2,1H3,(H,27,28). The summed E-state index contributed by atoms with van der Waals surface area (Å²) in [4.78, 5) is 8.10. The first-order valence-electron chi connectivity index (χ1n) is 9.00. The van der Waals surface area contributed by atoms with E-state index in [1.165, 1.54) is 12.1 Å². The molecule has 140 valence electrons. The molecule has 0 atom stereocenters. The number of hydrogen-bond donors (Lipinski definition) is 2. The molecule has 4 aromatic rings. The minimum Gasteiger partial charge on any atom is -0.381 e. The molecule has 0 aliphatic carbocycles. The first-order chi connectivity index (χ1) is 13.6. The van der Waals surface area contributed by atoms with Crippen LogP contribution in [-0.4, -0.2) is 9.97 Å². The molecule has 0 radical (unpaired) electrons. The Hall–Kier alpha value is -3.11. The number of nitrogens with zero attached hydrogens (tertiary/aromatic N) is 1. The Morgan fingerprint density at radius 1 is 0.964 bits per heavy atom. The summed E-state index contributed by atoms with van der Waals surface area (Å²) in [6, 6.07) is 22.3. The average molecular weight is 392 g/mol. The van der Waals surface area contributed by atoms with Crippen molar-refractivity contribution in [2.45, 2.75) is 13.5 Å². The lowest BCUT2D eigenvalue weighted by molar-refractivity contribution is 0.626. The van der Waals surface area contributed by atoms with Crippen molar-refractivity contribution >= 4 is 17.3 Å². The highest BCUT2D eigenvalue weighted by Gasteiger charge is 2.10. The van der Waals surface area contributed by atoms with E-state index in [1.807, 2.05) is 61.5 Å². The SMILES string of the molecule is Cc1[nH]c(-c2ccc(NCc3cccc(F)c3)cc2)nc1-c1ccc(Cl)cc1. The van der Waals surface area contributed by atoms with Crippen LogP contribution >= 0.6 is 11.6 Å². The monoisotopic (exact) mass is 391 g/mol. The number of rotatable bonds is 5. The van der Waals surface area contributed by atoms with E-state index in [0.29, 0.717) is 11.6 Å². The molecule has 0 saturated heterocycles. The molecular weight excluding hydrogens is 373 g/mol. The smallest absolute Gasteiger partial charge is 0.138 e. The van der Waals surface area contributed by atoms with E-state index >= 15 is 0 Å². The lowest BCUT2D eigenvalue weighted by Crippen LogP contribution is -1.99. The lowest BCUT2D eigenvalue weighted by Gasteiger charge is -2.07. The summed E-state index contributed by atoms with van der Waals surface area (Å²) in [6.07, 6.45) is 0. The van der Waals surface area contributed by atoms with Crippen molar-refractivity contribution in [3.63, 3.8) is 0 Å². The number of hydrogen-bond acceptors (Lipinski definition) is 2. The summed E-state index contributed by atoms with van der Waals surface area (Å²) in [5.41, 5.74) is 5.82. The van der Waals surface area contributed by atoms with E-state index in [1.54, 1.807) is 6.07 Å². The highest BCUT2D eigenvalue weighted by molar-refractivity contribution is 6.30. The van der Waals surface area contributed by atoms with Gasteiger partial charge in [0, 0.05) is 34.1 Å². The van der Waals surface area contributed by atoms with Gasteiger partial charge in [-0.25, -0.2) is 9.37 Å². The molecular formula is C23H19ClFN3. The van der Waals surface area contributed by atoms with E-state index in [0.717, 1.165) is 39.6 Å². The topological polar surface area (TPSA) is 40.7 Å². The Bertz CT molecular complexity index is 1090. The van der Waals surface area contributed by atoms with Crippen LogP contribution in [0.25, 0.3) is 22.6 Å². The second-order valence-electron chi connectivity index (χ2n) is 6.63. The summed E-state index contributed by atoms with van der Waals surface area (Å²) in [5, 5.41) is 4.01. The molecule has 0 saturated carbocycles. The van der Waals surface area contributed by atoms with Crippen LogP contribution in [0, 0.1) is 12.7 Å². The molecule has 5 heteroatoms. The summed E-state index contributed by atoms with van der Waals surface area (Å²) in [6.45, 7) is 2.58. The normalized spacial score (nSPS) is 10.8. The van der Waals surface area contributed by atoms with E-state index in [-0.39, 0.29) is 5.82 Å². The van der Waals surface area contributed by atoms with Gasteiger partial charge in [-0.1, -0.05) is 35.9 Å². The fraction of sp³-hybridized carbons (Fsp3) is 0.0870. The number of aromatic nitrogens is 2. The molecule has 3 nitrogen and oxygen atoms in total. The Balaban J connectivity index is 1.49. The number of imidazole rings is 1. The van der Waals surface area contributed by atoms with Gasteiger partial charge in [-0.05, 0) is 61.0 Å². The number of anilines is 1.